The van der Waals surface area contributed by atoms with Crippen LogP contribution < -0.4 is 10.5 Å². The minimum Gasteiger partial charge on any atom is -0.384 e. The molecular formula is C17H17ClN4O4S. The molecule has 2 aromatic carbocycles. The molecule has 0 saturated heterocycles. The van der Waals surface area contributed by atoms with Crippen LogP contribution >= 0.6 is 11.6 Å². The monoisotopic (exact) mass is 408 g/mol. The number of nitrogens with zero attached hydrogens (tertiary/aromatic N) is 2. The maximum atomic E-state index is 11.8. The highest BCUT2D eigenvalue weighted by molar-refractivity contribution is 7.89. The zero-order chi connectivity index (χ0) is 19.8. The van der Waals surface area contributed by atoms with E-state index in [2.05, 4.69) is 5.32 Å². The smallest absolute Gasteiger partial charge is 0.270 e. The lowest BCUT2D eigenvalue weighted by molar-refractivity contribution is -0.385. The highest BCUT2D eigenvalue weighted by Gasteiger charge is 2.19. The summed E-state index contributed by atoms with van der Waals surface area (Å²) in [5.74, 6) is 0. The van der Waals surface area contributed by atoms with Crippen LogP contribution in [0.1, 0.15) is 5.56 Å². The van der Waals surface area contributed by atoms with Gasteiger partial charge in [0.1, 0.15) is 4.90 Å². The third-order valence-electron chi connectivity index (χ3n) is 4.23. The van der Waals surface area contributed by atoms with Gasteiger partial charge in [-0.25, -0.2) is 13.6 Å². The Bertz CT molecular complexity index is 1140. The summed E-state index contributed by atoms with van der Waals surface area (Å²) < 4.78 is 25.5. The molecule has 142 valence electrons. The molecule has 0 atom stereocenters. The number of primary sulfonamides is 1. The predicted octanol–water partition coefficient (Wildman–Crippen LogP) is 3.04. The molecule has 0 aliphatic heterocycles. The number of aryl methyl sites for hydroxylation is 1. The molecule has 8 nitrogen and oxygen atoms in total. The lowest BCUT2D eigenvalue weighted by Crippen LogP contribution is -2.16. The fraction of sp³-hybridized carbons (Fsp3) is 0.176. The quantitative estimate of drug-likeness (QED) is 0.479. The van der Waals surface area contributed by atoms with Gasteiger partial charge >= 0.3 is 0 Å². The van der Waals surface area contributed by atoms with Gasteiger partial charge in [-0.1, -0.05) is 17.7 Å². The van der Waals surface area contributed by atoms with Gasteiger partial charge in [-0.3, -0.25) is 10.1 Å². The number of nitro benzene ring substituents is 1. The number of halogens is 1. The first-order valence-electron chi connectivity index (χ1n) is 7.95. The summed E-state index contributed by atoms with van der Waals surface area (Å²) in [6.07, 6.45) is 2.60. The van der Waals surface area contributed by atoms with Crippen LogP contribution in [0.25, 0.3) is 10.9 Å². The van der Waals surface area contributed by atoms with Crippen LogP contribution in [0.15, 0.2) is 47.5 Å². The standard InChI is InChI=1S/C17H17ClN4O4S/c1-21-10-11(14-4-2-12(18)8-16(14)21)6-7-20-15-5-3-13(22(23)24)9-17(15)27(19,25)26/h2-5,8-10,20H,6-7H2,1H3,(H2,19,25,26). The lowest BCUT2D eigenvalue weighted by Gasteiger charge is -2.10. The Labute approximate surface area is 160 Å². The topological polar surface area (TPSA) is 120 Å². The van der Waals surface area contributed by atoms with Crippen LogP contribution in [0, 0.1) is 10.1 Å². The fourth-order valence-electron chi connectivity index (χ4n) is 2.98. The summed E-state index contributed by atoms with van der Waals surface area (Å²) in [6, 6.07) is 9.17. The number of nitrogens with one attached hydrogen (secondary N) is 1. The van der Waals surface area contributed by atoms with Crippen LogP contribution in [0.2, 0.25) is 5.02 Å². The van der Waals surface area contributed by atoms with Crippen molar-refractivity contribution in [3.8, 4) is 0 Å². The van der Waals surface area contributed by atoms with Crippen LogP contribution in [0.5, 0.6) is 0 Å². The molecular weight excluding hydrogens is 392 g/mol. The van der Waals surface area contributed by atoms with Crippen LogP contribution in [-0.4, -0.2) is 24.5 Å². The second kappa shape index (κ2) is 7.18. The maximum Gasteiger partial charge on any atom is 0.270 e. The molecule has 10 heteroatoms. The van der Waals surface area contributed by atoms with Crippen molar-refractivity contribution in [2.24, 2.45) is 12.2 Å². The van der Waals surface area contributed by atoms with Crippen LogP contribution in [0.4, 0.5) is 11.4 Å². The van der Waals surface area contributed by atoms with E-state index in [0.717, 1.165) is 22.5 Å². The summed E-state index contributed by atoms with van der Waals surface area (Å²) in [5.41, 5.74) is 1.95. The summed E-state index contributed by atoms with van der Waals surface area (Å²) in [6.45, 7) is 0.419. The molecule has 0 aliphatic rings. The van der Waals surface area contributed by atoms with E-state index in [1.807, 2.05) is 36.0 Å². The summed E-state index contributed by atoms with van der Waals surface area (Å²) in [7, 11) is -2.18. The van der Waals surface area contributed by atoms with Gasteiger partial charge < -0.3 is 9.88 Å². The Kier molecular flexibility index (Phi) is 5.09. The number of fused-ring (bicyclic) bond motifs is 1. The normalized spacial score (nSPS) is 11.7. The second-order valence-electron chi connectivity index (χ2n) is 6.09. The van der Waals surface area contributed by atoms with Gasteiger partial charge in [-0.15, -0.1) is 0 Å². The fourth-order valence-corrected chi connectivity index (χ4v) is 3.88. The maximum absolute atomic E-state index is 11.8. The van der Waals surface area contributed by atoms with E-state index in [1.165, 1.54) is 12.1 Å². The predicted molar refractivity (Wildman–Crippen MR) is 105 cm³/mol. The molecule has 0 fully saturated rings. The highest BCUT2D eigenvalue weighted by atomic mass is 35.5. The van der Waals surface area contributed by atoms with Crippen LogP contribution in [0.3, 0.4) is 0 Å². The molecule has 27 heavy (non-hydrogen) atoms. The largest absolute Gasteiger partial charge is 0.384 e. The number of aromatic nitrogens is 1. The molecule has 3 aromatic rings. The van der Waals surface area contributed by atoms with Gasteiger partial charge in [-0.2, -0.15) is 0 Å². The molecule has 0 radical (unpaired) electrons. The number of benzene rings is 2. The Balaban J connectivity index is 1.83. The van der Waals surface area contributed by atoms with Gasteiger partial charge in [-0.05, 0) is 30.2 Å². The summed E-state index contributed by atoms with van der Waals surface area (Å²) >= 11 is 6.04. The van der Waals surface area contributed by atoms with Gasteiger partial charge in [0, 0.05) is 47.8 Å². The first kappa shape index (κ1) is 19.2. The Hall–Kier alpha value is -2.62. The van der Waals surface area contributed by atoms with E-state index in [4.69, 9.17) is 16.7 Å². The number of rotatable bonds is 6. The van der Waals surface area contributed by atoms with Crippen molar-refractivity contribution in [1.29, 1.82) is 0 Å². The average Bonchev–Trinajstić information content (AvgIpc) is 2.89. The van der Waals surface area contributed by atoms with Crippen molar-refractivity contribution in [1.82, 2.24) is 4.57 Å². The molecule has 1 aromatic heterocycles. The first-order chi connectivity index (χ1) is 12.7. The Morgan fingerprint density at radius 2 is 2.00 bits per heavy atom. The number of nitrogens with two attached hydrogens (primary N) is 1. The van der Waals surface area contributed by atoms with Gasteiger partial charge in [0.05, 0.1) is 10.6 Å². The van der Waals surface area contributed by atoms with E-state index < -0.39 is 14.9 Å². The number of anilines is 1. The number of hydrogen-bond donors (Lipinski definition) is 2. The SMILES string of the molecule is Cn1cc(CCNc2ccc([N+](=O)[O-])cc2S(N)(=O)=O)c2ccc(Cl)cc21. The molecule has 0 bridgehead atoms. The Morgan fingerprint density at radius 3 is 2.67 bits per heavy atom. The average molecular weight is 409 g/mol. The Morgan fingerprint density at radius 1 is 1.26 bits per heavy atom. The van der Waals surface area contributed by atoms with E-state index >= 15 is 0 Å². The van der Waals surface area contributed by atoms with Crippen molar-refractivity contribution < 1.29 is 13.3 Å². The van der Waals surface area contributed by atoms with Gasteiger partial charge in [0.25, 0.3) is 5.69 Å². The zero-order valence-corrected chi connectivity index (χ0v) is 15.9. The van der Waals surface area contributed by atoms with Crippen LogP contribution in [-0.2, 0) is 23.5 Å². The lowest BCUT2D eigenvalue weighted by atomic mass is 10.1. The molecule has 3 N–H and O–H groups in total. The second-order valence-corrected chi connectivity index (χ2v) is 8.05. The third kappa shape index (κ3) is 4.05. The van der Waals surface area contributed by atoms with Crippen molar-refractivity contribution in [2.75, 3.05) is 11.9 Å². The number of nitro groups is 1. The molecule has 0 aliphatic carbocycles. The van der Waals surface area contributed by atoms with Crippen molar-refractivity contribution in [3.05, 3.63) is 63.3 Å². The van der Waals surface area contributed by atoms with Crippen molar-refractivity contribution in [3.63, 3.8) is 0 Å². The van der Waals surface area contributed by atoms with Gasteiger partial charge in [0.15, 0.2) is 0 Å². The minimum atomic E-state index is -4.11. The summed E-state index contributed by atoms with van der Waals surface area (Å²) in [4.78, 5) is 9.91. The zero-order valence-electron chi connectivity index (χ0n) is 14.3. The highest BCUT2D eigenvalue weighted by Crippen LogP contribution is 2.27. The van der Waals surface area contributed by atoms with E-state index in [0.29, 0.717) is 18.0 Å². The molecule has 3 rings (SSSR count). The van der Waals surface area contributed by atoms with E-state index in [-0.39, 0.29) is 16.3 Å². The molecule has 0 unspecified atom stereocenters. The molecule has 0 saturated carbocycles. The van der Waals surface area contributed by atoms with Crippen molar-refractivity contribution >= 4 is 43.9 Å². The summed E-state index contributed by atoms with van der Waals surface area (Å²) in [5, 5.41) is 20.8. The van der Waals surface area contributed by atoms with E-state index in [9.17, 15) is 18.5 Å². The molecule has 0 amide bonds. The minimum absolute atomic E-state index is 0.228. The number of sulfonamides is 1. The molecule has 0 spiro atoms. The number of hydrogen-bond acceptors (Lipinski definition) is 5. The number of non-ortho nitro benzene ring substituents is 1. The van der Waals surface area contributed by atoms with Gasteiger partial charge in [0.2, 0.25) is 10.0 Å². The first-order valence-corrected chi connectivity index (χ1v) is 9.88. The third-order valence-corrected chi connectivity index (χ3v) is 5.41. The van der Waals surface area contributed by atoms with E-state index in [1.54, 1.807) is 0 Å². The molecule has 1 heterocycles. The van der Waals surface area contributed by atoms with Crippen molar-refractivity contribution in [2.45, 2.75) is 11.3 Å².